The van der Waals surface area contributed by atoms with Crippen molar-refractivity contribution in [3.8, 4) is 0 Å². The second-order valence-corrected chi connectivity index (χ2v) is 4.99. The fourth-order valence-electron chi connectivity index (χ4n) is 2.73. The molecule has 0 aromatic rings. The van der Waals surface area contributed by atoms with Gasteiger partial charge in [0.1, 0.15) is 0 Å². The molecule has 3 unspecified atom stereocenters. The lowest BCUT2D eigenvalue weighted by molar-refractivity contribution is 0.183. The highest BCUT2D eigenvalue weighted by molar-refractivity contribution is 4.80. The lowest BCUT2D eigenvalue weighted by Crippen LogP contribution is -2.32. The molecule has 1 aliphatic heterocycles. The SMILES string of the molecule is CC1CCCC1NCCC1CCOC1. The Morgan fingerprint density at radius 1 is 1.29 bits per heavy atom. The van der Waals surface area contributed by atoms with Gasteiger partial charge in [-0.15, -0.1) is 0 Å². The molecule has 14 heavy (non-hydrogen) atoms. The molecule has 2 rings (SSSR count). The van der Waals surface area contributed by atoms with Gasteiger partial charge in [-0.05, 0) is 44.1 Å². The fraction of sp³-hybridized carbons (Fsp3) is 1.00. The zero-order valence-corrected chi connectivity index (χ0v) is 9.30. The Balaban J connectivity index is 1.57. The van der Waals surface area contributed by atoms with Crippen LogP contribution in [0, 0.1) is 11.8 Å². The Morgan fingerprint density at radius 3 is 2.86 bits per heavy atom. The molecule has 2 nitrogen and oxygen atoms in total. The molecule has 0 amide bonds. The summed E-state index contributed by atoms with van der Waals surface area (Å²) in [6.45, 7) is 5.57. The minimum atomic E-state index is 0.803. The van der Waals surface area contributed by atoms with Crippen molar-refractivity contribution in [1.82, 2.24) is 5.32 Å². The minimum absolute atomic E-state index is 0.803. The van der Waals surface area contributed by atoms with Gasteiger partial charge < -0.3 is 10.1 Å². The molecule has 0 spiro atoms. The van der Waals surface area contributed by atoms with Gasteiger partial charge in [0.15, 0.2) is 0 Å². The summed E-state index contributed by atoms with van der Waals surface area (Å²) >= 11 is 0. The van der Waals surface area contributed by atoms with Gasteiger partial charge in [-0.1, -0.05) is 13.3 Å². The van der Waals surface area contributed by atoms with E-state index in [1.54, 1.807) is 0 Å². The molecule has 2 heteroatoms. The molecule has 1 N–H and O–H groups in total. The Morgan fingerprint density at radius 2 is 2.21 bits per heavy atom. The molecule has 1 aliphatic carbocycles. The van der Waals surface area contributed by atoms with Gasteiger partial charge in [-0.2, -0.15) is 0 Å². The molecule has 0 bridgehead atoms. The number of ether oxygens (including phenoxy) is 1. The zero-order chi connectivity index (χ0) is 9.80. The van der Waals surface area contributed by atoms with E-state index in [4.69, 9.17) is 4.74 Å². The molecular formula is C12H23NO. The van der Waals surface area contributed by atoms with Crippen LogP contribution in [0.2, 0.25) is 0 Å². The summed E-state index contributed by atoms with van der Waals surface area (Å²) in [6, 6.07) is 0.803. The predicted octanol–water partition coefficient (Wildman–Crippen LogP) is 2.19. The van der Waals surface area contributed by atoms with E-state index in [1.165, 1.54) is 38.6 Å². The summed E-state index contributed by atoms with van der Waals surface area (Å²) in [6.07, 6.45) is 6.82. The first-order chi connectivity index (χ1) is 6.86. The molecule has 2 fully saturated rings. The first-order valence-electron chi connectivity index (χ1n) is 6.17. The Labute approximate surface area is 87.4 Å². The van der Waals surface area contributed by atoms with E-state index in [9.17, 15) is 0 Å². The summed E-state index contributed by atoms with van der Waals surface area (Å²) < 4.78 is 5.37. The third kappa shape index (κ3) is 2.71. The largest absolute Gasteiger partial charge is 0.381 e. The quantitative estimate of drug-likeness (QED) is 0.746. The van der Waals surface area contributed by atoms with E-state index < -0.39 is 0 Å². The van der Waals surface area contributed by atoms with E-state index in [-0.39, 0.29) is 0 Å². The molecule has 0 aromatic carbocycles. The molecule has 1 heterocycles. The van der Waals surface area contributed by atoms with E-state index >= 15 is 0 Å². The van der Waals surface area contributed by atoms with Crippen LogP contribution in [0.15, 0.2) is 0 Å². The van der Waals surface area contributed by atoms with Gasteiger partial charge in [0.05, 0.1) is 0 Å². The summed E-state index contributed by atoms with van der Waals surface area (Å²) in [5.74, 6) is 1.73. The number of hydrogen-bond donors (Lipinski definition) is 1. The van der Waals surface area contributed by atoms with Crippen molar-refractivity contribution in [2.45, 2.75) is 45.1 Å². The predicted molar refractivity (Wildman–Crippen MR) is 58.3 cm³/mol. The van der Waals surface area contributed by atoms with Crippen molar-refractivity contribution in [2.75, 3.05) is 19.8 Å². The maximum atomic E-state index is 5.37. The van der Waals surface area contributed by atoms with E-state index in [1.807, 2.05) is 0 Å². The van der Waals surface area contributed by atoms with Gasteiger partial charge in [0, 0.05) is 19.3 Å². The second kappa shape index (κ2) is 5.13. The van der Waals surface area contributed by atoms with Crippen molar-refractivity contribution in [3.05, 3.63) is 0 Å². The summed E-state index contributed by atoms with van der Waals surface area (Å²) in [7, 11) is 0. The zero-order valence-electron chi connectivity index (χ0n) is 9.30. The molecule has 82 valence electrons. The average Bonchev–Trinajstić information content (AvgIpc) is 2.78. The Kier molecular flexibility index (Phi) is 3.82. The summed E-state index contributed by atoms with van der Waals surface area (Å²) in [5, 5.41) is 3.70. The van der Waals surface area contributed by atoms with Crippen LogP contribution < -0.4 is 5.32 Å². The monoisotopic (exact) mass is 197 g/mol. The summed E-state index contributed by atoms with van der Waals surface area (Å²) in [4.78, 5) is 0. The van der Waals surface area contributed by atoms with Gasteiger partial charge in [0.2, 0.25) is 0 Å². The van der Waals surface area contributed by atoms with Crippen LogP contribution in [0.4, 0.5) is 0 Å². The van der Waals surface area contributed by atoms with Gasteiger partial charge in [-0.25, -0.2) is 0 Å². The lowest BCUT2D eigenvalue weighted by atomic mass is 10.0. The van der Waals surface area contributed by atoms with Crippen LogP contribution in [0.3, 0.4) is 0 Å². The Hall–Kier alpha value is -0.0800. The molecule has 1 saturated carbocycles. The van der Waals surface area contributed by atoms with E-state index in [0.717, 1.165) is 31.1 Å². The first-order valence-corrected chi connectivity index (χ1v) is 6.17. The van der Waals surface area contributed by atoms with Gasteiger partial charge in [-0.3, -0.25) is 0 Å². The third-order valence-corrected chi connectivity index (χ3v) is 3.84. The average molecular weight is 197 g/mol. The maximum Gasteiger partial charge on any atom is 0.0495 e. The number of rotatable bonds is 4. The van der Waals surface area contributed by atoms with Crippen LogP contribution in [-0.2, 0) is 4.74 Å². The van der Waals surface area contributed by atoms with E-state index in [0.29, 0.717) is 0 Å². The molecular weight excluding hydrogens is 174 g/mol. The first kappa shape index (κ1) is 10.4. The van der Waals surface area contributed by atoms with Crippen LogP contribution >= 0.6 is 0 Å². The molecule has 3 atom stereocenters. The van der Waals surface area contributed by atoms with Crippen LogP contribution in [0.5, 0.6) is 0 Å². The maximum absolute atomic E-state index is 5.37. The lowest BCUT2D eigenvalue weighted by Gasteiger charge is -2.18. The smallest absolute Gasteiger partial charge is 0.0495 e. The normalized spacial score (nSPS) is 37.9. The second-order valence-electron chi connectivity index (χ2n) is 4.99. The Bertz CT molecular complexity index is 166. The topological polar surface area (TPSA) is 21.3 Å². The van der Waals surface area contributed by atoms with Crippen LogP contribution in [0.25, 0.3) is 0 Å². The highest BCUT2D eigenvalue weighted by Gasteiger charge is 2.23. The van der Waals surface area contributed by atoms with Crippen LogP contribution in [-0.4, -0.2) is 25.8 Å². The van der Waals surface area contributed by atoms with Crippen LogP contribution in [0.1, 0.15) is 39.0 Å². The third-order valence-electron chi connectivity index (χ3n) is 3.84. The van der Waals surface area contributed by atoms with Crippen molar-refractivity contribution in [1.29, 1.82) is 0 Å². The minimum Gasteiger partial charge on any atom is -0.381 e. The van der Waals surface area contributed by atoms with Gasteiger partial charge >= 0.3 is 0 Å². The molecule has 1 saturated heterocycles. The van der Waals surface area contributed by atoms with E-state index in [2.05, 4.69) is 12.2 Å². The van der Waals surface area contributed by atoms with Crippen molar-refractivity contribution >= 4 is 0 Å². The highest BCUT2D eigenvalue weighted by atomic mass is 16.5. The molecule has 0 aromatic heterocycles. The standard InChI is InChI=1S/C12H23NO/c1-10-3-2-4-12(10)13-7-5-11-6-8-14-9-11/h10-13H,2-9H2,1H3. The van der Waals surface area contributed by atoms with Gasteiger partial charge in [0.25, 0.3) is 0 Å². The fourth-order valence-corrected chi connectivity index (χ4v) is 2.73. The van der Waals surface area contributed by atoms with Crippen molar-refractivity contribution in [2.24, 2.45) is 11.8 Å². The van der Waals surface area contributed by atoms with Crippen molar-refractivity contribution in [3.63, 3.8) is 0 Å². The molecule has 0 radical (unpaired) electrons. The van der Waals surface area contributed by atoms with Crippen molar-refractivity contribution < 1.29 is 4.74 Å². The summed E-state index contributed by atoms with van der Waals surface area (Å²) in [5.41, 5.74) is 0. The number of nitrogens with one attached hydrogen (secondary N) is 1. The highest BCUT2D eigenvalue weighted by Crippen LogP contribution is 2.25. The number of hydrogen-bond acceptors (Lipinski definition) is 2. The molecule has 2 aliphatic rings.